The van der Waals surface area contributed by atoms with Crippen LogP contribution in [0.25, 0.3) is 0 Å². The van der Waals surface area contributed by atoms with Crippen LogP contribution in [-0.4, -0.2) is 35.1 Å². The smallest absolute Gasteiger partial charge is 0.277 e. The van der Waals surface area contributed by atoms with Gasteiger partial charge in [0.05, 0.1) is 0 Å². The van der Waals surface area contributed by atoms with Gasteiger partial charge in [-0.15, -0.1) is 0 Å². The van der Waals surface area contributed by atoms with Gasteiger partial charge in [0.25, 0.3) is 0 Å². The molecule has 0 aromatic heterocycles. The number of carbonyl (C=O) groups excluding carboxylic acids is 4. The lowest BCUT2D eigenvalue weighted by molar-refractivity contribution is -0.150. The molecule has 0 atom stereocenters. The molecule has 1 aliphatic rings. The molecule has 4 amide bonds. The molecule has 6 heteroatoms. The van der Waals surface area contributed by atoms with Crippen molar-refractivity contribution in [1.82, 2.24) is 10.2 Å². The van der Waals surface area contributed by atoms with E-state index in [1.165, 1.54) is 0 Å². The van der Waals surface area contributed by atoms with Gasteiger partial charge >= 0.3 is 23.6 Å². The van der Waals surface area contributed by atoms with Crippen molar-refractivity contribution in [2.45, 2.75) is 13.3 Å². The summed E-state index contributed by atoms with van der Waals surface area (Å²) in [5.41, 5.74) is 0. The second kappa shape index (κ2) is 3.34. The van der Waals surface area contributed by atoms with Gasteiger partial charge in [-0.05, 0) is 6.42 Å². The minimum atomic E-state index is -1.19. The minimum absolute atomic E-state index is 0.143. The van der Waals surface area contributed by atoms with Crippen LogP contribution < -0.4 is 5.32 Å². The van der Waals surface area contributed by atoms with Crippen molar-refractivity contribution >= 4 is 23.6 Å². The summed E-state index contributed by atoms with van der Waals surface area (Å²) < 4.78 is 0. The first-order valence-corrected chi connectivity index (χ1v) is 3.79. The highest BCUT2D eigenvalue weighted by atomic mass is 16.2. The predicted octanol–water partition coefficient (Wildman–Crippen LogP) is -0.956. The molecule has 1 fully saturated rings. The topological polar surface area (TPSA) is 83.6 Å². The Morgan fingerprint density at radius 2 is 1.85 bits per heavy atom. The summed E-state index contributed by atoms with van der Waals surface area (Å²) in [6, 6.07) is -0.823. The van der Waals surface area contributed by atoms with E-state index in [0.717, 1.165) is 4.90 Å². The van der Waals surface area contributed by atoms with Gasteiger partial charge in [-0.3, -0.25) is 24.6 Å². The van der Waals surface area contributed by atoms with Crippen molar-refractivity contribution in [3.8, 4) is 0 Å². The maximum absolute atomic E-state index is 11.0. The van der Waals surface area contributed by atoms with Gasteiger partial charge in [-0.2, -0.15) is 0 Å². The van der Waals surface area contributed by atoms with Crippen molar-refractivity contribution < 1.29 is 19.2 Å². The number of nitrogens with zero attached hydrogens (tertiary/aromatic N) is 1. The molecule has 1 N–H and O–H groups in total. The fourth-order valence-corrected chi connectivity index (χ4v) is 0.960. The van der Waals surface area contributed by atoms with Gasteiger partial charge < -0.3 is 0 Å². The molecule has 0 spiro atoms. The molecule has 0 radical (unpaired) electrons. The molecule has 1 heterocycles. The van der Waals surface area contributed by atoms with Crippen LogP contribution in [0.15, 0.2) is 0 Å². The number of barbiturate groups is 1. The maximum Gasteiger partial charge on any atom is 0.331 e. The first-order valence-electron chi connectivity index (χ1n) is 3.79. The lowest BCUT2D eigenvalue weighted by atomic mass is 10.2. The summed E-state index contributed by atoms with van der Waals surface area (Å²) in [7, 11) is 0. The number of rotatable bonds is 2. The average Bonchev–Trinajstić information content (AvgIpc) is 2.09. The first kappa shape index (κ1) is 9.37. The Bertz CT molecular complexity index is 297. The zero-order valence-corrected chi connectivity index (χ0v) is 6.99. The highest BCUT2D eigenvalue weighted by molar-refractivity contribution is 6.66. The van der Waals surface area contributed by atoms with Gasteiger partial charge in [0, 0.05) is 6.54 Å². The van der Waals surface area contributed by atoms with Crippen molar-refractivity contribution in [2.24, 2.45) is 0 Å². The Morgan fingerprint density at radius 1 is 1.23 bits per heavy atom. The second-order valence-electron chi connectivity index (χ2n) is 2.55. The zero-order valence-electron chi connectivity index (χ0n) is 6.99. The summed E-state index contributed by atoms with van der Waals surface area (Å²) >= 11 is 0. The zero-order chi connectivity index (χ0) is 10.0. The van der Waals surface area contributed by atoms with Gasteiger partial charge in [0.1, 0.15) is 0 Å². The Labute approximate surface area is 73.9 Å². The van der Waals surface area contributed by atoms with Crippen LogP contribution in [0.5, 0.6) is 0 Å². The molecule has 0 unspecified atom stereocenters. The number of imide groups is 2. The molecule has 0 bridgehead atoms. The Morgan fingerprint density at radius 3 is 2.38 bits per heavy atom. The Kier molecular flexibility index (Phi) is 2.41. The van der Waals surface area contributed by atoms with E-state index in [-0.39, 0.29) is 6.54 Å². The predicted molar refractivity (Wildman–Crippen MR) is 40.5 cm³/mol. The van der Waals surface area contributed by atoms with Crippen LogP contribution in [0.4, 0.5) is 4.79 Å². The van der Waals surface area contributed by atoms with Crippen LogP contribution in [-0.2, 0) is 14.4 Å². The normalized spacial score (nSPS) is 17.8. The van der Waals surface area contributed by atoms with E-state index in [9.17, 15) is 19.2 Å². The molecule has 0 saturated carbocycles. The largest absolute Gasteiger partial charge is 0.331 e. The number of hydrogen-bond donors (Lipinski definition) is 1. The van der Waals surface area contributed by atoms with Crippen molar-refractivity contribution in [3.63, 3.8) is 0 Å². The molecule has 70 valence electrons. The van der Waals surface area contributed by atoms with Crippen LogP contribution in [0.1, 0.15) is 13.3 Å². The number of ketones is 1. The summed E-state index contributed by atoms with van der Waals surface area (Å²) in [4.78, 5) is 44.2. The Hall–Kier alpha value is -1.72. The fraction of sp³-hybridized carbons (Fsp3) is 0.429. The Balaban J connectivity index is 2.86. The lowest BCUT2D eigenvalue weighted by Crippen LogP contribution is -2.58. The van der Waals surface area contributed by atoms with Gasteiger partial charge in [-0.25, -0.2) is 4.79 Å². The molecule has 0 aromatic carbocycles. The highest BCUT2D eigenvalue weighted by Crippen LogP contribution is 2.00. The number of nitrogens with one attached hydrogen (secondary N) is 1. The van der Waals surface area contributed by atoms with E-state index in [0.29, 0.717) is 6.42 Å². The molecular weight excluding hydrogens is 176 g/mol. The SMILES string of the molecule is CCCN1C(=O)NC(=O)C(=O)C1=O. The lowest BCUT2D eigenvalue weighted by Gasteiger charge is -2.22. The van der Waals surface area contributed by atoms with E-state index in [1.54, 1.807) is 12.2 Å². The van der Waals surface area contributed by atoms with Gasteiger partial charge in [0.15, 0.2) is 0 Å². The number of carbonyl (C=O) groups is 4. The van der Waals surface area contributed by atoms with Gasteiger partial charge in [0.2, 0.25) is 0 Å². The van der Waals surface area contributed by atoms with Crippen molar-refractivity contribution in [2.75, 3.05) is 6.54 Å². The summed E-state index contributed by atoms with van der Waals surface area (Å²) in [6.07, 6.45) is 0.542. The summed E-state index contributed by atoms with van der Waals surface area (Å²) in [6.45, 7) is 1.89. The van der Waals surface area contributed by atoms with E-state index in [1.807, 2.05) is 0 Å². The average molecular weight is 184 g/mol. The van der Waals surface area contributed by atoms with E-state index in [4.69, 9.17) is 0 Å². The second-order valence-corrected chi connectivity index (χ2v) is 2.55. The molecule has 1 rings (SSSR count). The molecule has 0 aliphatic carbocycles. The monoisotopic (exact) mass is 184 g/mol. The molecule has 1 saturated heterocycles. The molecule has 13 heavy (non-hydrogen) atoms. The number of amides is 4. The van der Waals surface area contributed by atoms with E-state index >= 15 is 0 Å². The van der Waals surface area contributed by atoms with E-state index < -0.39 is 23.6 Å². The van der Waals surface area contributed by atoms with E-state index in [2.05, 4.69) is 0 Å². The molecule has 6 nitrogen and oxygen atoms in total. The fourth-order valence-electron chi connectivity index (χ4n) is 0.960. The van der Waals surface area contributed by atoms with Gasteiger partial charge in [-0.1, -0.05) is 6.92 Å². The van der Waals surface area contributed by atoms with Crippen molar-refractivity contribution in [3.05, 3.63) is 0 Å². The third-order valence-electron chi connectivity index (χ3n) is 1.56. The molecule has 1 aliphatic heterocycles. The number of Topliss-reactive ketones (excluding diaryl/α,β-unsaturated/α-hetero) is 1. The van der Waals surface area contributed by atoms with Crippen molar-refractivity contribution in [1.29, 1.82) is 0 Å². The summed E-state index contributed by atoms with van der Waals surface area (Å²) in [5, 5.41) is 1.77. The number of hydrogen-bond acceptors (Lipinski definition) is 4. The summed E-state index contributed by atoms with van der Waals surface area (Å²) in [5.74, 6) is -3.38. The number of urea groups is 1. The highest BCUT2D eigenvalue weighted by Gasteiger charge is 2.38. The third kappa shape index (κ3) is 1.56. The maximum atomic E-state index is 11.0. The third-order valence-corrected chi connectivity index (χ3v) is 1.56. The standard InChI is InChI=1S/C7H8N2O4/c1-2-3-9-6(12)4(10)5(11)8-7(9)13/h2-3H2,1H3,(H,8,11,13). The van der Waals surface area contributed by atoms with Crippen LogP contribution >= 0.6 is 0 Å². The molecule has 0 aromatic rings. The van der Waals surface area contributed by atoms with Crippen LogP contribution in [0.3, 0.4) is 0 Å². The van der Waals surface area contributed by atoms with Crippen LogP contribution in [0.2, 0.25) is 0 Å². The minimum Gasteiger partial charge on any atom is -0.277 e. The van der Waals surface area contributed by atoms with Crippen LogP contribution in [0, 0.1) is 0 Å². The molecular formula is C7H8N2O4. The quantitative estimate of drug-likeness (QED) is 0.560. The first-order chi connectivity index (χ1) is 6.07.